The smallest absolute Gasteiger partial charge is 0.243 e. The minimum Gasteiger partial charge on any atom is -0.493 e. The van der Waals surface area contributed by atoms with Gasteiger partial charge in [0.15, 0.2) is 0 Å². The molecule has 0 atom stereocenters. The number of nitrogens with zero attached hydrogens (tertiary/aromatic N) is 5. The Morgan fingerprint density at radius 3 is 2.52 bits per heavy atom. The van der Waals surface area contributed by atoms with Crippen molar-refractivity contribution in [1.82, 2.24) is 14.3 Å². The van der Waals surface area contributed by atoms with Gasteiger partial charge in [0.1, 0.15) is 11.6 Å². The molecule has 2 fully saturated rings. The van der Waals surface area contributed by atoms with E-state index in [1.807, 2.05) is 6.07 Å². The zero-order valence-corrected chi connectivity index (χ0v) is 17.1. The van der Waals surface area contributed by atoms with Crippen LogP contribution in [0, 0.1) is 0 Å². The van der Waals surface area contributed by atoms with Gasteiger partial charge in [-0.25, -0.2) is 13.4 Å². The lowest BCUT2D eigenvalue weighted by atomic mass is 10.2. The Kier molecular flexibility index (Phi) is 4.79. The van der Waals surface area contributed by atoms with E-state index in [4.69, 9.17) is 9.72 Å². The zero-order valence-electron chi connectivity index (χ0n) is 16.3. The van der Waals surface area contributed by atoms with E-state index in [1.54, 1.807) is 28.7 Å². The first kappa shape index (κ1) is 18.6. The number of piperazine rings is 1. The number of ether oxygens (including phenoxy) is 1. The monoisotopic (exact) mass is 415 g/mol. The number of rotatable bonds is 4. The number of sulfonamides is 1. The van der Waals surface area contributed by atoms with Gasteiger partial charge < -0.3 is 14.5 Å². The van der Waals surface area contributed by atoms with Crippen molar-refractivity contribution < 1.29 is 13.2 Å². The van der Waals surface area contributed by atoms with E-state index in [9.17, 15) is 8.42 Å². The van der Waals surface area contributed by atoms with Crippen LogP contribution in [0.2, 0.25) is 0 Å². The summed E-state index contributed by atoms with van der Waals surface area (Å²) in [5, 5.41) is 0. The normalized spacial score (nSPS) is 20.0. The summed E-state index contributed by atoms with van der Waals surface area (Å²) in [6, 6.07) is 7.09. The molecule has 0 aliphatic carbocycles. The topological polar surface area (TPSA) is 78.9 Å². The molecule has 3 aliphatic rings. The Morgan fingerprint density at radius 1 is 0.931 bits per heavy atom. The van der Waals surface area contributed by atoms with E-state index in [0.29, 0.717) is 37.7 Å². The summed E-state index contributed by atoms with van der Waals surface area (Å²) < 4.78 is 33.2. The largest absolute Gasteiger partial charge is 0.493 e. The van der Waals surface area contributed by atoms with Gasteiger partial charge >= 0.3 is 0 Å². The standard InChI is InChI=1S/C20H25N5O3S/c26-29(27,17-3-4-18-16(15-17)6-14-28-18)25-12-10-23(11-13-25)19-5-7-21-20(22-19)24-8-1-2-9-24/h3-5,7,15H,1-2,6,8-14H2. The van der Waals surface area contributed by atoms with Gasteiger partial charge in [0.25, 0.3) is 0 Å². The molecule has 5 rings (SSSR count). The van der Waals surface area contributed by atoms with Gasteiger partial charge in [-0.3, -0.25) is 0 Å². The van der Waals surface area contributed by atoms with Gasteiger partial charge in [0.05, 0.1) is 11.5 Å². The van der Waals surface area contributed by atoms with Crippen molar-refractivity contribution >= 4 is 21.8 Å². The molecule has 0 N–H and O–H groups in total. The van der Waals surface area contributed by atoms with Gasteiger partial charge in [-0.1, -0.05) is 0 Å². The van der Waals surface area contributed by atoms with E-state index in [1.165, 1.54) is 12.8 Å². The first-order chi connectivity index (χ1) is 14.1. The SMILES string of the molecule is O=S(=O)(c1ccc2c(c1)CCO2)N1CCN(c2ccnc(N3CCCC3)n2)CC1. The molecule has 0 radical (unpaired) electrons. The maximum absolute atomic E-state index is 13.1. The molecule has 0 spiro atoms. The fourth-order valence-electron chi connectivity index (χ4n) is 4.21. The van der Waals surface area contributed by atoms with Crippen LogP contribution in [0.1, 0.15) is 18.4 Å². The first-order valence-corrected chi connectivity index (χ1v) is 11.6. The van der Waals surface area contributed by atoms with Gasteiger partial charge in [0, 0.05) is 51.9 Å². The Hall–Kier alpha value is -2.39. The molecule has 1 aromatic heterocycles. The summed E-state index contributed by atoms with van der Waals surface area (Å²) in [7, 11) is -3.50. The molecule has 0 unspecified atom stereocenters. The van der Waals surface area contributed by atoms with Crippen LogP contribution in [0.15, 0.2) is 35.4 Å². The third-order valence-electron chi connectivity index (χ3n) is 5.88. The lowest BCUT2D eigenvalue weighted by Crippen LogP contribution is -2.49. The summed E-state index contributed by atoms with van der Waals surface area (Å²) in [6.45, 7) is 4.74. The maximum atomic E-state index is 13.1. The zero-order chi connectivity index (χ0) is 19.8. The average Bonchev–Trinajstić information content (AvgIpc) is 3.45. The summed E-state index contributed by atoms with van der Waals surface area (Å²) >= 11 is 0. The second-order valence-electron chi connectivity index (χ2n) is 7.67. The Bertz CT molecular complexity index is 999. The van der Waals surface area contributed by atoms with Crippen molar-refractivity contribution in [1.29, 1.82) is 0 Å². The molecule has 8 nitrogen and oxygen atoms in total. The predicted octanol–water partition coefficient (Wildman–Crippen LogP) is 1.52. The highest BCUT2D eigenvalue weighted by Gasteiger charge is 2.30. The quantitative estimate of drug-likeness (QED) is 0.749. The molecule has 1 aromatic carbocycles. The molecule has 9 heteroatoms. The van der Waals surface area contributed by atoms with E-state index in [-0.39, 0.29) is 0 Å². The highest BCUT2D eigenvalue weighted by Crippen LogP contribution is 2.29. The third kappa shape index (κ3) is 3.53. The van der Waals surface area contributed by atoms with Crippen LogP contribution in [0.3, 0.4) is 0 Å². The van der Waals surface area contributed by atoms with Crippen LogP contribution in [0.4, 0.5) is 11.8 Å². The molecule has 2 aromatic rings. The molecule has 3 aliphatic heterocycles. The molecule has 0 bridgehead atoms. The molecule has 29 heavy (non-hydrogen) atoms. The van der Waals surface area contributed by atoms with E-state index < -0.39 is 10.0 Å². The summed E-state index contributed by atoms with van der Waals surface area (Å²) in [6.07, 6.45) is 4.92. The van der Waals surface area contributed by atoms with E-state index in [2.05, 4.69) is 14.8 Å². The molecule has 2 saturated heterocycles. The van der Waals surface area contributed by atoms with Crippen molar-refractivity contribution in [2.75, 3.05) is 55.7 Å². The van der Waals surface area contributed by atoms with Gasteiger partial charge in [-0.15, -0.1) is 0 Å². The molecule has 0 saturated carbocycles. The molecular weight excluding hydrogens is 390 g/mol. The Labute approximate surface area is 171 Å². The Morgan fingerprint density at radius 2 is 1.72 bits per heavy atom. The lowest BCUT2D eigenvalue weighted by Gasteiger charge is -2.35. The molecular formula is C20H25N5O3S. The van der Waals surface area contributed by atoms with Crippen LogP contribution < -0.4 is 14.5 Å². The summed E-state index contributed by atoms with van der Waals surface area (Å²) in [5.74, 6) is 2.44. The number of fused-ring (bicyclic) bond motifs is 1. The number of hydrogen-bond donors (Lipinski definition) is 0. The van der Waals surface area contributed by atoms with Crippen molar-refractivity contribution in [2.24, 2.45) is 0 Å². The van der Waals surface area contributed by atoms with Crippen molar-refractivity contribution in [2.45, 2.75) is 24.2 Å². The predicted molar refractivity (Wildman–Crippen MR) is 110 cm³/mol. The van der Waals surface area contributed by atoms with Crippen LogP contribution >= 0.6 is 0 Å². The van der Waals surface area contributed by atoms with E-state index >= 15 is 0 Å². The number of anilines is 2. The molecule has 4 heterocycles. The first-order valence-electron chi connectivity index (χ1n) is 10.2. The van der Waals surface area contributed by atoms with Crippen LogP contribution in [-0.4, -0.2) is 68.6 Å². The fraction of sp³-hybridized carbons (Fsp3) is 0.500. The van der Waals surface area contributed by atoms with Crippen molar-refractivity contribution in [3.8, 4) is 5.75 Å². The second-order valence-corrected chi connectivity index (χ2v) is 9.61. The lowest BCUT2D eigenvalue weighted by molar-refractivity contribution is 0.356. The van der Waals surface area contributed by atoms with Gasteiger partial charge in [-0.2, -0.15) is 9.29 Å². The van der Waals surface area contributed by atoms with E-state index in [0.717, 1.165) is 42.6 Å². The minimum absolute atomic E-state index is 0.355. The van der Waals surface area contributed by atoms with Crippen LogP contribution in [0.25, 0.3) is 0 Å². The van der Waals surface area contributed by atoms with Gasteiger partial charge in [0.2, 0.25) is 16.0 Å². The van der Waals surface area contributed by atoms with Crippen molar-refractivity contribution in [3.63, 3.8) is 0 Å². The van der Waals surface area contributed by atoms with Crippen molar-refractivity contribution in [3.05, 3.63) is 36.0 Å². The highest BCUT2D eigenvalue weighted by atomic mass is 32.2. The second kappa shape index (κ2) is 7.46. The number of aromatic nitrogens is 2. The summed E-state index contributed by atoms with van der Waals surface area (Å²) in [4.78, 5) is 13.8. The van der Waals surface area contributed by atoms with Crippen LogP contribution in [0.5, 0.6) is 5.75 Å². The third-order valence-corrected chi connectivity index (χ3v) is 7.77. The molecule has 0 amide bonds. The summed E-state index contributed by atoms with van der Waals surface area (Å²) in [5.41, 5.74) is 0.972. The Balaban J connectivity index is 1.28. The highest BCUT2D eigenvalue weighted by molar-refractivity contribution is 7.89. The number of hydrogen-bond acceptors (Lipinski definition) is 7. The average molecular weight is 416 g/mol. The maximum Gasteiger partial charge on any atom is 0.243 e. The minimum atomic E-state index is -3.50. The fourth-order valence-corrected chi connectivity index (χ4v) is 5.69. The van der Waals surface area contributed by atoms with Gasteiger partial charge in [-0.05, 0) is 42.7 Å². The molecule has 154 valence electrons. The van der Waals surface area contributed by atoms with Crippen LogP contribution in [-0.2, 0) is 16.4 Å². The number of benzene rings is 1.